The van der Waals surface area contributed by atoms with Crippen molar-refractivity contribution in [2.75, 3.05) is 26.2 Å². The maximum absolute atomic E-state index is 5.68. The number of para-hydroxylation sites is 1. The van der Waals surface area contributed by atoms with Gasteiger partial charge in [0.05, 0.1) is 17.2 Å². The third kappa shape index (κ3) is 7.90. The Kier molecular flexibility index (Phi) is 11.3. The van der Waals surface area contributed by atoms with E-state index in [0.717, 1.165) is 37.6 Å². The third-order valence-corrected chi connectivity index (χ3v) is 4.69. The summed E-state index contributed by atoms with van der Waals surface area (Å²) in [5.41, 5.74) is 1.21. The normalized spacial score (nSPS) is 11.0. The molecule has 0 aliphatic rings. The van der Waals surface area contributed by atoms with Crippen molar-refractivity contribution >= 4 is 41.3 Å². The zero-order valence-electron chi connectivity index (χ0n) is 15.7. The Labute approximate surface area is 177 Å². The molecule has 2 N–H and O–H groups in total. The lowest BCUT2D eigenvalue weighted by Crippen LogP contribution is -2.39. The molecule has 1 aromatic carbocycles. The van der Waals surface area contributed by atoms with E-state index in [0.29, 0.717) is 13.2 Å². The number of aromatic nitrogens is 1. The van der Waals surface area contributed by atoms with Crippen molar-refractivity contribution in [2.24, 2.45) is 4.99 Å². The summed E-state index contributed by atoms with van der Waals surface area (Å²) in [5, 5.41) is 7.73. The zero-order valence-corrected chi connectivity index (χ0v) is 18.9. The fraction of sp³-hybridized carbons (Fsp3) is 0.474. The van der Waals surface area contributed by atoms with Crippen molar-refractivity contribution in [1.82, 2.24) is 15.6 Å². The number of nitrogens with one attached hydrogen (secondary N) is 2. The molecule has 0 atom stereocenters. The monoisotopic (exact) mass is 488 g/mol. The quantitative estimate of drug-likeness (QED) is 0.244. The molecule has 0 amide bonds. The van der Waals surface area contributed by atoms with Gasteiger partial charge in [-0.15, -0.1) is 35.3 Å². The molecule has 7 heteroatoms. The van der Waals surface area contributed by atoms with Gasteiger partial charge in [-0.1, -0.05) is 25.1 Å². The summed E-state index contributed by atoms with van der Waals surface area (Å²) in [6, 6.07) is 9.84. The first-order chi connectivity index (χ1) is 12.2. The fourth-order valence-electron chi connectivity index (χ4n) is 2.38. The highest BCUT2D eigenvalue weighted by molar-refractivity contribution is 14.0. The smallest absolute Gasteiger partial charge is 0.191 e. The van der Waals surface area contributed by atoms with Crippen molar-refractivity contribution in [3.05, 3.63) is 45.9 Å². The molecule has 0 aliphatic carbocycles. The first-order valence-electron chi connectivity index (χ1n) is 8.88. The Morgan fingerprint density at radius 1 is 1.19 bits per heavy atom. The van der Waals surface area contributed by atoms with Gasteiger partial charge >= 0.3 is 0 Å². The van der Waals surface area contributed by atoms with Gasteiger partial charge in [0.25, 0.3) is 0 Å². The molecule has 2 rings (SSSR count). The summed E-state index contributed by atoms with van der Waals surface area (Å²) in [6.07, 6.45) is 1.87. The molecule has 0 saturated heterocycles. The molecular formula is C19H29IN4OS. The molecule has 0 fully saturated rings. The fourth-order valence-corrected chi connectivity index (χ4v) is 3.39. The number of aliphatic imine (C=N–C) groups is 1. The molecule has 1 heterocycles. The Bertz CT molecular complexity index is 661. The first kappa shape index (κ1) is 22.7. The number of nitrogens with zero attached hydrogens (tertiary/aromatic N) is 2. The van der Waals surface area contributed by atoms with Crippen molar-refractivity contribution in [1.29, 1.82) is 0 Å². The van der Waals surface area contributed by atoms with Gasteiger partial charge in [-0.2, -0.15) is 0 Å². The Morgan fingerprint density at radius 3 is 2.62 bits per heavy atom. The van der Waals surface area contributed by atoms with Crippen molar-refractivity contribution in [3.63, 3.8) is 0 Å². The van der Waals surface area contributed by atoms with E-state index in [9.17, 15) is 0 Å². The lowest BCUT2D eigenvalue weighted by atomic mass is 10.3. The Hall–Kier alpha value is -1.35. The van der Waals surface area contributed by atoms with Crippen LogP contribution in [-0.2, 0) is 12.8 Å². The highest BCUT2D eigenvalue weighted by atomic mass is 127. The van der Waals surface area contributed by atoms with Crippen molar-refractivity contribution < 1.29 is 4.74 Å². The van der Waals surface area contributed by atoms with Crippen LogP contribution in [0, 0.1) is 6.92 Å². The second-order valence-corrected chi connectivity index (χ2v) is 6.85. The highest BCUT2D eigenvalue weighted by Crippen LogP contribution is 2.18. The maximum Gasteiger partial charge on any atom is 0.191 e. The average molecular weight is 488 g/mol. The molecule has 0 unspecified atom stereocenters. The minimum absolute atomic E-state index is 0. The summed E-state index contributed by atoms with van der Waals surface area (Å²) < 4.78 is 5.68. The predicted molar refractivity (Wildman–Crippen MR) is 121 cm³/mol. The van der Waals surface area contributed by atoms with E-state index in [4.69, 9.17) is 4.74 Å². The molecule has 144 valence electrons. The van der Waals surface area contributed by atoms with E-state index in [1.165, 1.54) is 15.6 Å². The van der Waals surface area contributed by atoms with E-state index in [1.807, 2.05) is 30.3 Å². The minimum atomic E-state index is 0. The number of aryl methyl sites for hydroxylation is 2. The molecule has 5 nitrogen and oxygen atoms in total. The number of rotatable bonds is 9. The van der Waals surface area contributed by atoms with Gasteiger partial charge in [-0.25, -0.2) is 4.98 Å². The molecule has 2 aromatic rings. The van der Waals surface area contributed by atoms with Gasteiger partial charge in [0.15, 0.2) is 5.96 Å². The van der Waals surface area contributed by atoms with Crippen LogP contribution in [0.1, 0.15) is 29.4 Å². The van der Waals surface area contributed by atoms with E-state index in [-0.39, 0.29) is 24.0 Å². The minimum Gasteiger partial charge on any atom is -0.492 e. The summed E-state index contributed by atoms with van der Waals surface area (Å²) in [4.78, 5) is 10.6. The summed E-state index contributed by atoms with van der Waals surface area (Å²) in [6.45, 7) is 9.22. The summed E-state index contributed by atoms with van der Waals surface area (Å²) in [7, 11) is 0. The number of benzene rings is 1. The van der Waals surface area contributed by atoms with E-state index in [2.05, 4.69) is 41.4 Å². The molecule has 0 spiro atoms. The topological polar surface area (TPSA) is 58.5 Å². The number of hydrogen-bond donors (Lipinski definition) is 2. The maximum atomic E-state index is 5.68. The van der Waals surface area contributed by atoms with Crippen LogP contribution in [0.4, 0.5) is 0 Å². The number of hydrogen-bond acceptors (Lipinski definition) is 4. The average Bonchev–Trinajstić information content (AvgIpc) is 2.99. The number of halogens is 1. The van der Waals surface area contributed by atoms with Crippen LogP contribution in [0.2, 0.25) is 0 Å². The van der Waals surface area contributed by atoms with Crippen LogP contribution in [0.3, 0.4) is 0 Å². The van der Waals surface area contributed by atoms with Gasteiger partial charge in [0, 0.05) is 24.4 Å². The van der Waals surface area contributed by atoms with Gasteiger partial charge in [-0.05, 0) is 32.4 Å². The van der Waals surface area contributed by atoms with Crippen molar-refractivity contribution in [3.8, 4) is 5.75 Å². The number of thiazole rings is 1. The zero-order chi connectivity index (χ0) is 17.9. The standard InChI is InChI=1S/C19H28N4OS.HI/c1-4-17-15(3)25-18(23-17)11-12-21-19(20-5-2)22-13-14-24-16-9-7-6-8-10-16;/h6-10H,4-5,11-14H2,1-3H3,(H2,20,21,22);1H. The number of guanidine groups is 1. The van der Waals surface area contributed by atoms with E-state index < -0.39 is 0 Å². The molecule has 1 aromatic heterocycles. The highest BCUT2D eigenvalue weighted by Gasteiger charge is 2.05. The number of ether oxygens (including phenoxy) is 1. The third-order valence-electron chi connectivity index (χ3n) is 3.62. The van der Waals surface area contributed by atoms with Gasteiger partial charge < -0.3 is 15.4 Å². The second-order valence-electron chi connectivity index (χ2n) is 5.56. The largest absolute Gasteiger partial charge is 0.492 e. The summed E-state index contributed by atoms with van der Waals surface area (Å²) >= 11 is 1.78. The van der Waals surface area contributed by atoms with Gasteiger partial charge in [0.1, 0.15) is 12.4 Å². The molecule has 0 aliphatic heterocycles. The van der Waals surface area contributed by atoms with Crippen LogP contribution in [-0.4, -0.2) is 37.2 Å². The lowest BCUT2D eigenvalue weighted by Gasteiger charge is -2.12. The van der Waals surface area contributed by atoms with Crippen molar-refractivity contribution in [2.45, 2.75) is 33.6 Å². The molecule has 0 saturated carbocycles. The van der Waals surface area contributed by atoms with Crippen LogP contribution in [0.25, 0.3) is 0 Å². The van der Waals surface area contributed by atoms with E-state index in [1.54, 1.807) is 11.3 Å². The SMILES string of the molecule is CCNC(=NCCc1nc(CC)c(C)s1)NCCOc1ccccc1.I. The van der Waals surface area contributed by atoms with Gasteiger partial charge in [0.2, 0.25) is 0 Å². The summed E-state index contributed by atoms with van der Waals surface area (Å²) in [5.74, 6) is 1.71. The molecule has 0 radical (unpaired) electrons. The van der Waals surface area contributed by atoms with Crippen LogP contribution >= 0.6 is 35.3 Å². The van der Waals surface area contributed by atoms with Crippen LogP contribution in [0.5, 0.6) is 5.75 Å². The van der Waals surface area contributed by atoms with E-state index >= 15 is 0 Å². The van der Waals surface area contributed by atoms with Crippen LogP contribution < -0.4 is 15.4 Å². The van der Waals surface area contributed by atoms with Gasteiger partial charge in [-0.3, -0.25) is 4.99 Å². The lowest BCUT2D eigenvalue weighted by molar-refractivity contribution is 0.322. The Balaban J connectivity index is 0.00000338. The van der Waals surface area contributed by atoms with Crippen LogP contribution in [0.15, 0.2) is 35.3 Å². The predicted octanol–water partition coefficient (Wildman–Crippen LogP) is 3.81. The second kappa shape index (κ2) is 12.9. The molecule has 26 heavy (non-hydrogen) atoms. The molecular weight excluding hydrogens is 459 g/mol. The first-order valence-corrected chi connectivity index (χ1v) is 9.69. The molecule has 0 bridgehead atoms. The Morgan fingerprint density at radius 2 is 1.96 bits per heavy atom.